The minimum Gasteiger partial charge on any atom is -0.488 e. The number of carbonyl (C=O) groups is 2. The normalized spacial score (nSPS) is 25.0. The van der Waals surface area contributed by atoms with E-state index in [1.54, 1.807) is 12.1 Å². The molecule has 2 bridgehead atoms. The van der Waals surface area contributed by atoms with E-state index in [1.807, 2.05) is 55.7 Å². The molecule has 6 rings (SSSR count). The number of hydrogen-bond acceptors (Lipinski definition) is 9. The Morgan fingerprint density at radius 1 is 1.06 bits per heavy atom. The van der Waals surface area contributed by atoms with Gasteiger partial charge in [-0.25, -0.2) is 0 Å². The second kappa shape index (κ2) is 14.7. The van der Waals surface area contributed by atoms with Crippen molar-refractivity contribution in [3.63, 3.8) is 0 Å². The largest absolute Gasteiger partial charge is 0.488 e. The third-order valence-corrected chi connectivity index (χ3v) is 11.2. The number of benzene rings is 2. The maximum absolute atomic E-state index is 12.9. The summed E-state index contributed by atoms with van der Waals surface area (Å²) in [5.74, 6) is 0.873. The van der Waals surface area contributed by atoms with Gasteiger partial charge in [-0.05, 0) is 95.5 Å². The number of aliphatic hydroxyl groups excluding tert-OH is 2. The van der Waals surface area contributed by atoms with E-state index in [-0.39, 0.29) is 30.1 Å². The summed E-state index contributed by atoms with van der Waals surface area (Å²) in [6.45, 7) is 10.9. The van der Waals surface area contributed by atoms with Crippen molar-refractivity contribution in [2.45, 2.75) is 103 Å². The third kappa shape index (κ3) is 7.84. The molecule has 274 valence electrons. The number of fused-ring (bicyclic) bond motifs is 5. The van der Waals surface area contributed by atoms with Gasteiger partial charge in [-0.1, -0.05) is 30.7 Å². The van der Waals surface area contributed by atoms with Crippen molar-refractivity contribution in [1.29, 1.82) is 0 Å². The standard InChI is InChI=1S/C38H49ClN6O6/c1-6-38(5,13-15-41-36(49)27-18-23-17-26(27)34(48)33(23)47)50-16-14-37(3,4)51-25-11-12-30-28(19-25)32(22-7-9-24(39)10-8-22)42-29(20-31(40)46)35-44-43-21(2)45(30)35/h7-12,19,23,26-27,29,33-34,47-48H,6,13-18,20H2,1-5H3,(H2,40,46)(H,41,49). The van der Waals surface area contributed by atoms with Gasteiger partial charge in [0, 0.05) is 35.0 Å². The average Bonchev–Trinajstić information content (AvgIpc) is 3.74. The minimum absolute atomic E-state index is 0.00621. The van der Waals surface area contributed by atoms with Crippen LogP contribution in [0, 0.1) is 24.7 Å². The number of hydrogen-bond donors (Lipinski definition) is 4. The van der Waals surface area contributed by atoms with Crippen LogP contribution >= 0.6 is 11.6 Å². The first-order chi connectivity index (χ1) is 24.2. The molecule has 1 aliphatic heterocycles. The van der Waals surface area contributed by atoms with Crippen molar-refractivity contribution in [2.75, 3.05) is 13.2 Å². The topological polar surface area (TPSA) is 174 Å². The number of rotatable bonds is 14. The summed E-state index contributed by atoms with van der Waals surface area (Å²) < 4.78 is 14.9. The molecule has 13 heteroatoms. The third-order valence-electron chi connectivity index (χ3n) is 10.9. The molecule has 7 atom stereocenters. The van der Waals surface area contributed by atoms with E-state index in [4.69, 9.17) is 31.8 Å². The Labute approximate surface area is 303 Å². The average molecular weight is 721 g/mol. The Hall–Kier alpha value is -3.84. The van der Waals surface area contributed by atoms with Crippen molar-refractivity contribution >= 4 is 29.1 Å². The second-order valence-electron chi connectivity index (χ2n) is 15.1. The lowest BCUT2D eigenvalue weighted by molar-refractivity contribution is -0.131. The van der Waals surface area contributed by atoms with Crippen LogP contribution < -0.4 is 15.8 Å². The van der Waals surface area contributed by atoms with Crippen LogP contribution in [0.4, 0.5) is 0 Å². The Balaban J connectivity index is 1.13. The number of nitrogens with one attached hydrogen (secondary N) is 1. The number of aryl methyl sites for hydroxylation is 1. The quantitative estimate of drug-likeness (QED) is 0.187. The Morgan fingerprint density at radius 2 is 1.80 bits per heavy atom. The van der Waals surface area contributed by atoms with Crippen LogP contribution in [-0.4, -0.2) is 79.1 Å². The molecule has 2 amide bonds. The number of carbonyl (C=O) groups excluding carboxylic acids is 2. The monoisotopic (exact) mass is 720 g/mol. The molecule has 2 saturated carbocycles. The maximum Gasteiger partial charge on any atom is 0.223 e. The number of amides is 2. The second-order valence-corrected chi connectivity index (χ2v) is 15.5. The molecule has 5 N–H and O–H groups in total. The summed E-state index contributed by atoms with van der Waals surface area (Å²) in [5, 5.41) is 32.7. The van der Waals surface area contributed by atoms with Crippen LogP contribution in [-0.2, 0) is 14.3 Å². The highest BCUT2D eigenvalue weighted by molar-refractivity contribution is 6.30. The van der Waals surface area contributed by atoms with Crippen molar-refractivity contribution in [2.24, 2.45) is 28.5 Å². The predicted octanol–water partition coefficient (Wildman–Crippen LogP) is 4.61. The van der Waals surface area contributed by atoms with Crippen LogP contribution in [0.1, 0.15) is 95.0 Å². The molecule has 12 nitrogen and oxygen atoms in total. The first kappa shape index (κ1) is 36.9. The van der Waals surface area contributed by atoms with Crippen molar-refractivity contribution in [3.8, 4) is 11.4 Å². The van der Waals surface area contributed by atoms with Crippen LogP contribution in [0.3, 0.4) is 0 Å². The number of ether oxygens (including phenoxy) is 2. The lowest BCUT2D eigenvalue weighted by Gasteiger charge is -2.33. The lowest BCUT2D eigenvalue weighted by atomic mass is 9.84. The number of nitrogens with two attached hydrogens (primary N) is 1. The summed E-state index contributed by atoms with van der Waals surface area (Å²) in [7, 11) is 0. The van der Waals surface area contributed by atoms with Gasteiger partial charge in [0.15, 0.2) is 5.82 Å². The van der Waals surface area contributed by atoms with E-state index < -0.39 is 35.4 Å². The van der Waals surface area contributed by atoms with Gasteiger partial charge in [-0.15, -0.1) is 10.2 Å². The molecule has 2 fully saturated rings. The van der Waals surface area contributed by atoms with Crippen molar-refractivity contribution < 1.29 is 29.3 Å². The highest BCUT2D eigenvalue weighted by Gasteiger charge is 2.53. The molecule has 2 heterocycles. The molecule has 3 aliphatic rings. The molecule has 3 aromatic rings. The summed E-state index contributed by atoms with van der Waals surface area (Å²) in [4.78, 5) is 30.1. The molecule has 51 heavy (non-hydrogen) atoms. The molecule has 2 aromatic carbocycles. The summed E-state index contributed by atoms with van der Waals surface area (Å²) in [6.07, 6.45) is 1.79. The number of primary amides is 1. The zero-order chi connectivity index (χ0) is 36.7. The Kier molecular flexibility index (Phi) is 10.6. The van der Waals surface area contributed by atoms with Crippen LogP contribution in [0.25, 0.3) is 5.69 Å². The summed E-state index contributed by atoms with van der Waals surface area (Å²) >= 11 is 6.23. The van der Waals surface area contributed by atoms with Crippen LogP contribution in [0.15, 0.2) is 47.5 Å². The predicted molar refractivity (Wildman–Crippen MR) is 193 cm³/mol. The van der Waals surface area contributed by atoms with Crippen LogP contribution in [0.5, 0.6) is 5.75 Å². The van der Waals surface area contributed by atoms with Crippen molar-refractivity contribution in [3.05, 3.63) is 70.3 Å². The fourth-order valence-corrected chi connectivity index (χ4v) is 7.88. The van der Waals surface area contributed by atoms with Gasteiger partial charge in [-0.3, -0.25) is 19.1 Å². The van der Waals surface area contributed by atoms with E-state index in [2.05, 4.69) is 29.4 Å². The van der Waals surface area contributed by atoms with Crippen LogP contribution in [0.2, 0.25) is 5.02 Å². The molecular formula is C38H49ClN6O6. The van der Waals surface area contributed by atoms with Gasteiger partial charge in [-0.2, -0.15) is 0 Å². The molecule has 0 radical (unpaired) electrons. The Bertz CT molecular complexity index is 1790. The SMILES string of the molecule is CCC(C)(CCNC(=O)C1CC2CC1C(O)C2O)OCCC(C)(C)Oc1ccc2c(c1)C(c1ccc(Cl)cc1)=NC(CC(N)=O)c1nnc(C)n1-2. The zero-order valence-corrected chi connectivity index (χ0v) is 30.7. The minimum atomic E-state index is -0.814. The molecule has 2 aliphatic carbocycles. The number of aliphatic hydroxyl groups is 2. The molecular weight excluding hydrogens is 672 g/mol. The van der Waals surface area contributed by atoms with Gasteiger partial charge in [0.1, 0.15) is 23.2 Å². The van der Waals surface area contributed by atoms with E-state index in [9.17, 15) is 19.8 Å². The van der Waals surface area contributed by atoms with Gasteiger partial charge >= 0.3 is 0 Å². The number of nitrogens with zero attached hydrogens (tertiary/aromatic N) is 4. The number of aliphatic imine (C=N–C) groups is 1. The molecule has 0 spiro atoms. The fraction of sp³-hybridized carbons (Fsp3) is 0.553. The van der Waals surface area contributed by atoms with Gasteiger partial charge in [0.2, 0.25) is 11.8 Å². The van der Waals surface area contributed by atoms with Gasteiger partial charge < -0.3 is 30.7 Å². The molecule has 1 aromatic heterocycles. The lowest BCUT2D eigenvalue weighted by Crippen LogP contribution is -2.44. The smallest absolute Gasteiger partial charge is 0.223 e. The summed E-state index contributed by atoms with van der Waals surface area (Å²) in [5.41, 5.74) is 7.67. The van der Waals surface area contributed by atoms with E-state index >= 15 is 0 Å². The zero-order valence-electron chi connectivity index (χ0n) is 29.9. The van der Waals surface area contributed by atoms with Crippen molar-refractivity contribution in [1.82, 2.24) is 20.1 Å². The van der Waals surface area contributed by atoms with Gasteiger partial charge in [0.05, 0.1) is 42.2 Å². The first-order valence-corrected chi connectivity index (χ1v) is 18.2. The van der Waals surface area contributed by atoms with E-state index in [1.165, 1.54) is 0 Å². The maximum atomic E-state index is 12.9. The highest BCUT2D eigenvalue weighted by atomic mass is 35.5. The van der Waals surface area contributed by atoms with Gasteiger partial charge in [0.25, 0.3) is 0 Å². The number of halogens is 1. The highest BCUT2D eigenvalue weighted by Crippen LogP contribution is 2.48. The summed E-state index contributed by atoms with van der Waals surface area (Å²) in [6, 6.07) is 12.6. The molecule has 7 unspecified atom stereocenters. The Morgan fingerprint density at radius 3 is 2.47 bits per heavy atom. The number of aromatic nitrogens is 3. The fourth-order valence-electron chi connectivity index (χ4n) is 7.75. The molecule has 0 saturated heterocycles. The first-order valence-electron chi connectivity index (χ1n) is 17.8. The van der Waals surface area contributed by atoms with E-state index in [0.29, 0.717) is 67.0 Å². The van der Waals surface area contributed by atoms with E-state index in [0.717, 1.165) is 23.2 Å².